The molecule has 0 aliphatic carbocycles. The number of carbonyl (C=O) groups excluding carboxylic acids is 2. The molecule has 6 heteroatoms. The molecule has 2 heterocycles. The number of carbonyl (C=O) groups is 2. The normalized spacial score (nSPS) is 17.1. The van der Waals surface area contributed by atoms with Crippen molar-refractivity contribution in [1.82, 2.24) is 14.9 Å². The fourth-order valence-electron chi connectivity index (χ4n) is 3.06. The van der Waals surface area contributed by atoms with Gasteiger partial charge < -0.3 is 14.8 Å². The molecule has 25 heavy (non-hydrogen) atoms. The highest BCUT2D eigenvalue weighted by molar-refractivity contribution is 6.00. The summed E-state index contributed by atoms with van der Waals surface area (Å²) in [6, 6.07) is 5.98. The molecule has 0 spiro atoms. The summed E-state index contributed by atoms with van der Waals surface area (Å²) in [5, 5.41) is 2.95. The Kier molecular flexibility index (Phi) is 5.16. The molecular weight excluding hydrogens is 316 g/mol. The van der Waals surface area contributed by atoms with Crippen LogP contribution in [0, 0.1) is 19.8 Å². The van der Waals surface area contributed by atoms with E-state index in [9.17, 15) is 9.59 Å². The van der Waals surface area contributed by atoms with Crippen molar-refractivity contribution in [3.8, 4) is 0 Å². The third-order valence-corrected chi connectivity index (χ3v) is 4.75. The van der Waals surface area contributed by atoms with Gasteiger partial charge >= 0.3 is 0 Å². The summed E-state index contributed by atoms with van der Waals surface area (Å²) in [4.78, 5) is 30.4. The van der Waals surface area contributed by atoms with Crippen LogP contribution in [0.4, 0.5) is 5.69 Å². The van der Waals surface area contributed by atoms with Gasteiger partial charge in [-0.1, -0.05) is 6.07 Å². The molecule has 2 amide bonds. The lowest BCUT2D eigenvalue weighted by Gasteiger charge is -2.18. The minimum absolute atomic E-state index is 0.0156. The van der Waals surface area contributed by atoms with E-state index in [-0.39, 0.29) is 24.2 Å². The van der Waals surface area contributed by atoms with Gasteiger partial charge in [-0.2, -0.15) is 0 Å². The molecule has 0 radical (unpaired) electrons. The lowest BCUT2D eigenvalue weighted by molar-refractivity contribution is -0.126. The molecule has 1 fully saturated rings. The third kappa shape index (κ3) is 4.07. The van der Waals surface area contributed by atoms with Crippen LogP contribution >= 0.6 is 0 Å². The third-order valence-electron chi connectivity index (χ3n) is 4.75. The first kappa shape index (κ1) is 17.2. The smallest absolute Gasteiger partial charge is 0.227 e. The van der Waals surface area contributed by atoms with Crippen molar-refractivity contribution in [2.24, 2.45) is 5.92 Å². The van der Waals surface area contributed by atoms with Crippen molar-refractivity contribution in [3.05, 3.63) is 48.0 Å². The molecule has 132 valence electrons. The fraction of sp³-hybridized carbons (Fsp3) is 0.421. The Hall–Kier alpha value is -2.63. The molecule has 0 saturated carbocycles. The standard InChI is InChI=1S/C19H24N4O2/c1-14-4-5-17(10-15(14)2)23-12-16(11-18(23)24)19(25)21-6-3-8-22-9-7-20-13-22/h4-5,7,9-10,13,16H,3,6,8,11-12H2,1-2H3,(H,21,25). The van der Waals surface area contributed by atoms with E-state index in [1.165, 1.54) is 5.56 Å². The molecule has 1 aromatic heterocycles. The monoisotopic (exact) mass is 340 g/mol. The van der Waals surface area contributed by atoms with Crippen LogP contribution in [0.2, 0.25) is 0 Å². The van der Waals surface area contributed by atoms with Crippen molar-refractivity contribution in [1.29, 1.82) is 0 Å². The molecule has 1 aliphatic rings. The molecule has 1 unspecified atom stereocenters. The molecule has 1 aliphatic heterocycles. The highest BCUT2D eigenvalue weighted by Crippen LogP contribution is 2.26. The highest BCUT2D eigenvalue weighted by Gasteiger charge is 2.34. The van der Waals surface area contributed by atoms with Crippen LogP contribution in [0.5, 0.6) is 0 Å². The summed E-state index contributed by atoms with van der Waals surface area (Å²) in [6.07, 6.45) is 6.52. The van der Waals surface area contributed by atoms with Gasteiger partial charge in [0, 0.05) is 44.1 Å². The topological polar surface area (TPSA) is 67.2 Å². The van der Waals surface area contributed by atoms with E-state index in [0.717, 1.165) is 24.2 Å². The predicted molar refractivity (Wildman–Crippen MR) is 96.2 cm³/mol. The van der Waals surface area contributed by atoms with E-state index in [2.05, 4.69) is 10.3 Å². The predicted octanol–water partition coefficient (Wildman–Crippen LogP) is 2.06. The number of aromatic nitrogens is 2. The number of nitrogens with one attached hydrogen (secondary N) is 1. The van der Waals surface area contributed by atoms with Crippen LogP contribution in [0.3, 0.4) is 0 Å². The second kappa shape index (κ2) is 7.51. The summed E-state index contributed by atoms with van der Waals surface area (Å²) in [7, 11) is 0. The van der Waals surface area contributed by atoms with Crippen LogP contribution in [-0.4, -0.2) is 34.5 Å². The van der Waals surface area contributed by atoms with E-state index >= 15 is 0 Å². The number of hydrogen-bond donors (Lipinski definition) is 1. The molecular formula is C19H24N4O2. The summed E-state index contributed by atoms with van der Waals surface area (Å²) >= 11 is 0. The van der Waals surface area contributed by atoms with Crippen molar-refractivity contribution < 1.29 is 9.59 Å². The molecule has 1 aromatic carbocycles. The largest absolute Gasteiger partial charge is 0.356 e. The quantitative estimate of drug-likeness (QED) is 0.819. The van der Waals surface area contributed by atoms with Crippen LogP contribution in [0.15, 0.2) is 36.9 Å². The Bertz CT molecular complexity index is 755. The molecule has 1 atom stereocenters. The summed E-state index contributed by atoms with van der Waals surface area (Å²) in [5.74, 6) is -0.297. The Labute approximate surface area is 147 Å². The molecule has 6 nitrogen and oxygen atoms in total. The van der Waals surface area contributed by atoms with Crippen LogP contribution in [0.25, 0.3) is 0 Å². The van der Waals surface area contributed by atoms with Crippen molar-refractivity contribution in [2.45, 2.75) is 33.2 Å². The van der Waals surface area contributed by atoms with Gasteiger partial charge in [0.25, 0.3) is 0 Å². The maximum absolute atomic E-state index is 12.3. The summed E-state index contributed by atoms with van der Waals surface area (Å²) in [5.41, 5.74) is 3.23. The average Bonchev–Trinajstić information content (AvgIpc) is 3.23. The van der Waals surface area contributed by atoms with E-state index in [1.807, 2.05) is 42.8 Å². The Morgan fingerprint density at radius 1 is 1.32 bits per heavy atom. The van der Waals surface area contributed by atoms with Crippen LogP contribution < -0.4 is 10.2 Å². The zero-order valence-corrected chi connectivity index (χ0v) is 14.7. The first-order chi connectivity index (χ1) is 12.0. The van der Waals surface area contributed by atoms with Gasteiger partial charge in [0.15, 0.2) is 0 Å². The Balaban J connectivity index is 1.51. The van der Waals surface area contributed by atoms with Crippen molar-refractivity contribution in [3.63, 3.8) is 0 Å². The lowest BCUT2D eigenvalue weighted by atomic mass is 10.1. The van der Waals surface area contributed by atoms with Gasteiger partial charge in [-0.15, -0.1) is 0 Å². The zero-order chi connectivity index (χ0) is 17.8. The van der Waals surface area contributed by atoms with Crippen molar-refractivity contribution >= 4 is 17.5 Å². The van der Waals surface area contributed by atoms with Gasteiger partial charge in [-0.05, 0) is 43.5 Å². The number of aryl methyl sites for hydroxylation is 3. The maximum Gasteiger partial charge on any atom is 0.227 e. The van der Waals surface area contributed by atoms with Gasteiger partial charge in [0.05, 0.1) is 12.2 Å². The molecule has 1 N–H and O–H groups in total. The molecule has 0 bridgehead atoms. The SMILES string of the molecule is Cc1ccc(N2CC(C(=O)NCCCn3ccnc3)CC2=O)cc1C. The van der Waals surface area contributed by atoms with Gasteiger partial charge in [0.2, 0.25) is 11.8 Å². The number of benzene rings is 1. The number of anilines is 1. The Morgan fingerprint density at radius 2 is 2.16 bits per heavy atom. The number of rotatable bonds is 6. The van der Waals surface area contributed by atoms with Crippen LogP contribution in [-0.2, 0) is 16.1 Å². The van der Waals surface area contributed by atoms with E-state index in [0.29, 0.717) is 13.1 Å². The van der Waals surface area contributed by atoms with E-state index < -0.39 is 0 Å². The van der Waals surface area contributed by atoms with Gasteiger partial charge in [-0.25, -0.2) is 4.98 Å². The van der Waals surface area contributed by atoms with Gasteiger partial charge in [0.1, 0.15) is 0 Å². The minimum Gasteiger partial charge on any atom is -0.356 e. The lowest BCUT2D eigenvalue weighted by Crippen LogP contribution is -2.33. The van der Waals surface area contributed by atoms with Crippen LogP contribution in [0.1, 0.15) is 24.0 Å². The van der Waals surface area contributed by atoms with Gasteiger partial charge in [-0.3, -0.25) is 9.59 Å². The molecule has 1 saturated heterocycles. The van der Waals surface area contributed by atoms with E-state index in [4.69, 9.17) is 0 Å². The number of imidazole rings is 1. The number of nitrogens with zero attached hydrogens (tertiary/aromatic N) is 3. The molecule has 2 aromatic rings. The summed E-state index contributed by atoms with van der Waals surface area (Å²) in [6.45, 7) is 5.95. The molecule has 3 rings (SSSR count). The first-order valence-electron chi connectivity index (χ1n) is 8.65. The second-order valence-electron chi connectivity index (χ2n) is 6.62. The zero-order valence-electron chi connectivity index (χ0n) is 14.7. The van der Waals surface area contributed by atoms with E-state index in [1.54, 1.807) is 17.4 Å². The Morgan fingerprint density at radius 3 is 2.88 bits per heavy atom. The van der Waals surface area contributed by atoms with Crippen molar-refractivity contribution in [2.75, 3.05) is 18.0 Å². The average molecular weight is 340 g/mol. The number of amides is 2. The first-order valence-corrected chi connectivity index (χ1v) is 8.65. The highest BCUT2D eigenvalue weighted by atomic mass is 16.2. The fourth-order valence-corrected chi connectivity index (χ4v) is 3.06. The maximum atomic E-state index is 12.3. The minimum atomic E-state index is -0.276. The second-order valence-corrected chi connectivity index (χ2v) is 6.62. The number of hydrogen-bond acceptors (Lipinski definition) is 3. The summed E-state index contributed by atoms with van der Waals surface area (Å²) < 4.78 is 1.98.